The van der Waals surface area contributed by atoms with E-state index in [1.807, 2.05) is 6.07 Å². The van der Waals surface area contributed by atoms with Crippen molar-refractivity contribution in [3.63, 3.8) is 0 Å². The third kappa shape index (κ3) is 4.46. The molecule has 1 N–H and O–H groups in total. The average molecular weight is 364 g/mol. The lowest BCUT2D eigenvalue weighted by Gasteiger charge is -2.31. The van der Waals surface area contributed by atoms with E-state index in [1.165, 1.54) is 37.7 Å². The number of benzene rings is 1. The molecule has 1 aromatic carbocycles. The van der Waals surface area contributed by atoms with Crippen LogP contribution in [0.2, 0.25) is 0 Å². The minimum absolute atomic E-state index is 0.0272. The van der Waals surface area contributed by atoms with Gasteiger partial charge in [-0.15, -0.1) is 0 Å². The minimum atomic E-state index is -0.0272. The van der Waals surface area contributed by atoms with Gasteiger partial charge < -0.3 is 10.2 Å². The standard InChI is InChI=1S/C22H28N4O/c27-21(19-8-4-15-26(16-19)22-23-13-5-14-24-22)25-20-11-9-18(10-12-20)17-6-2-1-3-7-17/h5,9-14,17,19H,1-4,6-8,15-16H2,(H,25,27)/t19-/m0/s1. The van der Waals surface area contributed by atoms with Crippen LogP contribution in [0.3, 0.4) is 0 Å². The fraction of sp³-hybridized carbons (Fsp3) is 0.500. The van der Waals surface area contributed by atoms with Crippen molar-refractivity contribution in [2.24, 2.45) is 5.92 Å². The molecule has 4 rings (SSSR count). The zero-order valence-corrected chi connectivity index (χ0v) is 15.8. The average Bonchev–Trinajstić information content (AvgIpc) is 2.75. The van der Waals surface area contributed by atoms with Crippen molar-refractivity contribution in [2.45, 2.75) is 50.9 Å². The van der Waals surface area contributed by atoms with E-state index < -0.39 is 0 Å². The van der Waals surface area contributed by atoms with Gasteiger partial charge in [-0.1, -0.05) is 31.4 Å². The van der Waals surface area contributed by atoms with Gasteiger partial charge in [-0.05, 0) is 55.4 Å². The van der Waals surface area contributed by atoms with Gasteiger partial charge >= 0.3 is 0 Å². The number of piperidine rings is 1. The van der Waals surface area contributed by atoms with Crippen LogP contribution in [-0.4, -0.2) is 29.0 Å². The number of nitrogens with one attached hydrogen (secondary N) is 1. The lowest BCUT2D eigenvalue weighted by molar-refractivity contribution is -0.120. The fourth-order valence-corrected chi connectivity index (χ4v) is 4.35. The van der Waals surface area contributed by atoms with Gasteiger partial charge in [0.05, 0.1) is 5.92 Å². The predicted molar refractivity (Wildman–Crippen MR) is 108 cm³/mol. The topological polar surface area (TPSA) is 58.1 Å². The summed E-state index contributed by atoms with van der Waals surface area (Å²) in [6, 6.07) is 10.3. The van der Waals surface area contributed by atoms with Gasteiger partial charge in [0.15, 0.2) is 0 Å². The number of aromatic nitrogens is 2. The molecular weight excluding hydrogens is 336 g/mol. The molecule has 1 aliphatic heterocycles. The first-order valence-electron chi connectivity index (χ1n) is 10.2. The highest BCUT2D eigenvalue weighted by Crippen LogP contribution is 2.33. The molecule has 1 atom stereocenters. The molecule has 1 saturated carbocycles. The zero-order valence-electron chi connectivity index (χ0n) is 15.8. The first-order chi connectivity index (χ1) is 13.3. The SMILES string of the molecule is O=C(Nc1ccc(C2CCCCC2)cc1)[C@H]1CCCN(c2ncccn2)C1. The van der Waals surface area contributed by atoms with E-state index in [4.69, 9.17) is 0 Å². The Morgan fingerprint density at radius 1 is 0.963 bits per heavy atom. The molecular formula is C22H28N4O. The second-order valence-electron chi connectivity index (χ2n) is 7.78. The minimum Gasteiger partial charge on any atom is -0.340 e. The Hall–Kier alpha value is -2.43. The highest BCUT2D eigenvalue weighted by Gasteiger charge is 2.27. The van der Waals surface area contributed by atoms with Crippen molar-refractivity contribution < 1.29 is 4.79 Å². The van der Waals surface area contributed by atoms with Crippen molar-refractivity contribution in [2.75, 3.05) is 23.3 Å². The molecule has 0 spiro atoms. The van der Waals surface area contributed by atoms with Gasteiger partial charge in [-0.25, -0.2) is 9.97 Å². The molecule has 2 aromatic rings. The summed E-state index contributed by atoms with van der Waals surface area (Å²) in [6.45, 7) is 1.58. The molecule has 0 radical (unpaired) electrons. The van der Waals surface area contributed by atoms with Crippen LogP contribution in [0.5, 0.6) is 0 Å². The van der Waals surface area contributed by atoms with Crippen molar-refractivity contribution in [3.8, 4) is 0 Å². The summed E-state index contributed by atoms with van der Waals surface area (Å²) in [6.07, 6.45) is 12.0. The Bertz CT molecular complexity index is 741. The molecule has 1 aromatic heterocycles. The van der Waals surface area contributed by atoms with E-state index in [1.54, 1.807) is 12.4 Å². The Labute approximate surface area is 161 Å². The smallest absolute Gasteiger partial charge is 0.229 e. The molecule has 2 fully saturated rings. The highest BCUT2D eigenvalue weighted by molar-refractivity contribution is 5.93. The summed E-state index contributed by atoms with van der Waals surface area (Å²) in [7, 11) is 0. The number of anilines is 2. The number of amides is 1. The van der Waals surface area contributed by atoms with Gasteiger partial charge in [-0.3, -0.25) is 4.79 Å². The molecule has 5 heteroatoms. The zero-order chi connectivity index (χ0) is 18.5. The van der Waals surface area contributed by atoms with E-state index in [0.717, 1.165) is 25.1 Å². The molecule has 1 saturated heterocycles. The molecule has 0 bridgehead atoms. The Balaban J connectivity index is 1.35. The Morgan fingerprint density at radius 3 is 2.44 bits per heavy atom. The molecule has 2 heterocycles. The maximum atomic E-state index is 12.8. The fourth-order valence-electron chi connectivity index (χ4n) is 4.35. The first kappa shape index (κ1) is 18.0. The Morgan fingerprint density at radius 2 is 1.70 bits per heavy atom. The van der Waals surface area contributed by atoms with Gasteiger partial charge in [0.25, 0.3) is 0 Å². The molecule has 5 nitrogen and oxygen atoms in total. The summed E-state index contributed by atoms with van der Waals surface area (Å²) in [4.78, 5) is 23.5. The molecule has 142 valence electrons. The maximum absolute atomic E-state index is 12.8. The maximum Gasteiger partial charge on any atom is 0.229 e. The van der Waals surface area contributed by atoms with Crippen LogP contribution in [-0.2, 0) is 4.79 Å². The van der Waals surface area contributed by atoms with E-state index >= 15 is 0 Å². The van der Waals surface area contributed by atoms with Gasteiger partial charge in [0.2, 0.25) is 11.9 Å². The van der Waals surface area contributed by atoms with Crippen LogP contribution in [0.25, 0.3) is 0 Å². The molecule has 27 heavy (non-hydrogen) atoms. The third-order valence-electron chi connectivity index (χ3n) is 5.88. The molecule has 0 unspecified atom stereocenters. The molecule has 1 aliphatic carbocycles. The van der Waals surface area contributed by atoms with Crippen molar-refractivity contribution in [3.05, 3.63) is 48.3 Å². The largest absolute Gasteiger partial charge is 0.340 e. The summed E-state index contributed by atoms with van der Waals surface area (Å²) in [5, 5.41) is 3.11. The number of carbonyl (C=O) groups is 1. The quantitative estimate of drug-likeness (QED) is 0.875. The monoisotopic (exact) mass is 364 g/mol. The van der Waals surface area contributed by atoms with Gasteiger partial charge in [0, 0.05) is 31.2 Å². The van der Waals surface area contributed by atoms with E-state index in [0.29, 0.717) is 18.4 Å². The second-order valence-corrected chi connectivity index (χ2v) is 7.78. The van der Waals surface area contributed by atoms with Crippen molar-refractivity contribution in [1.82, 2.24) is 9.97 Å². The Kier molecular flexibility index (Phi) is 5.66. The lowest BCUT2D eigenvalue weighted by atomic mass is 9.84. The van der Waals surface area contributed by atoms with Crippen LogP contribution in [0, 0.1) is 5.92 Å². The summed E-state index contributed by atoms with van der Waals surface area (Å²) in [5.74, 6) is 1.48. The van der Waals surface area contributed by atoms with Crippen LogP contribution < -0.4 is 10.2 Å². The first-order valence-corrected chi connectivity index (χ1v) is 10.2. The van der Waals surface area contributed by atoms with E-state index in [2.05, 4.69) is 44.5 Å². The van der Waals surface area contributed by atoms with Crippen LogP contribution in [0.1, 0.15) is 56.4 Å². The number of rotatable bonds is 4. The molecule has 1 amide bonds. The number of hydrogen-bond donors (Lipinski definition) is 1. The summed E-state index contributed by atoms with van der Waals surface area (Å²) < 4.78 is 0. The third-order valence-corrected chi connectivity index (χ3v) is 5.88. The van der Waals surface area contributed by atoms with E-state index in [-0.39, 0.29) is 11.8 Å². The van der Waals surface area contributed by atoms with Crippen molar-refractivity contribution in [1.29, 1.82) is 0 Å². The second kappa shape index (κ2) is 8.51. The van der Waals surface area contributed by atoms with E-state index in [9.17, 15) is 4.79 Å². The van der Waals surface area contributed by atoms with Gasteiger partial charge in [0.1, 0.15) is 0 Å². The summed E-state index contributed by atoms with van der Waals surface area (Å²) in [5.41, 5.74) is 2.31. The number of nitrogens with zero attached hydrogens (tertiary/aromatic N) is 3. The number of carbonyl (C=O) groups excluding carboxylic acids is 1. The predicted octanol–water partition coefficient (Wildman–Crippen LogP) is 4.38. The number of hydrogen-bond acceptors (Lipinski definition) is 4. The van der Waals surface area contributed by atoms with Crippen molar-refractivity contribution >= 4 is 17.5 Å². The van der Waals surface area contributed by atoms with Crippen LogP contribution in [0.15, 0.2) is 42.7 Å². The molecule has 2 aliphatic rings. The highest BCUT2D eigenvalue weighted by atomic mass is 16.1. The summed E-state index contributed by atoms with van der Waals surface area (Å²) >= 11 is 0. The van der Waals surface area contributed by atoms with Crippen LogP contribution in [0.4, 0.5) is 11.6 Å². The lowest BCUT2D eigenvalue weighted by Crippen LogP contribution is -2.41. The van der Waals surface area contributed by atoms with Gasteiger partial charge in [-0.2, -0.15) is 0 Å². The normalized spacial score (nSPS) is 21.0. The van der Waals surface area contributed by atoms with Crippen LogP contribution >= 0.6 is 0 Å².